The lowest BCUT2D eigenvalue weighted by Crippen LogP contribution is -2.19. The first-order valence-corrected chi connectivity index (χ1v) is 5.20. The number of carboxylic acid groups (broad SMARTS) is 1. The highest BCUT2D eigenvalue weighted by molar-refractivity contribution is 5.93. The molecule has 0 aliphatic carbocycles. The number of rotatable bonds is 2. The topological polar surface area (TPSA) is 59.3 Å². The Bertz CT molecular complexity index is 848. The zero-order chi connectivity index (χ0) is 15.0. The number of fused-ring (bicyclic) bond motifs is 1. The predicted molar refractivity (Wildman–Crippen MR) is 64.9 cm³/mol. The van der Waals surface area contributed by atoms with E-state index in [1.807, 2.05) is 0 Å². The lowest BCUT2D eigenvalue weighted by atomic mass is 10.1. The number of benzene rings is 1. The van der Waals surface area contributed by atoms with Crippen molar-refractivity contribution in [1.29, 1.82) is 0 Å². The fourth-order valence-electron chi connectivity index (χ4n) is 1.77. The van der Waals surface area contributed by atoms with Gasteiger partial charge in [0.25, 0.3) is 0 Å². The highest BCUT2D eigenvalue weighted by atomic mass is 19.2. The molecule has 0 amide bonds. The van der Waals surface area contributed by atoms with Gasteiger partial charge in [0, 0.05) is 6.20 Å². The van der Waals surface area contributed by atoms with Crippen LogP contribution < -0.4 is 5.43 Å². The summed E-state index contributed by atoms with van der Waals surface area (Å²) in [7, 11) is 0. The number of carbonyl (C=O) groups is 1. The maximum atomic E-state index is 13.8. The molecule has 102 valence electrons. The summed E-state index contributed by atoms with van der Waals surface area (Å²) < 4.78 is 41.0. The number of aromatic carboxylic acids is 1. The smallest absolute Gasteiger partial charge is 0.341 e. The van der Waals surface area contributed by atoms with Crippen molar-refractivity contribution in [2.45, 2.75) is 0 Å². The van der Waals surface area contributed by atoms with Crippen molar-refractivity contribution in [2.75, 3.05) is 0 Å². The molecule has 1 heterocycles. The minimum Gasteiger partial charge on any atom is -0.477 e. The second-order valence-electron chi connectivity index (χ2n) is 3.80. The van der Waals surface area contributed by atoms with E-state index >= 15 is 0 Å². The number of halogens is 3. The van der Waals surface area contributed by atoms with Crippen LogP contribution in [0.2, 0.25) is 0 Å². The minimum atomic E-state index is -1.76. The van der Waals surface area contributed by atoms with Crippen molar-refractivity contribution in [3.05, 3.63) is 57.8 Å². The van der Waals surface area contributed by atoms with E-state index in [9.17, 15) is 22.8 Å². The molecule has 0 saturated carbocycles. The Labute approximate surface area is 109 Å². The van der Waals surface area contributed by atoms with Crippen LogP contribution in [0.15, 0.2) is 29.4 Å². The molecular formula is C13H6F3NO3. The van der Waals surface area contributed by atoms with Gasteiger partial charge in [0.15, 0.2) is 17.5 Å². The largest absolute Gasteiger partial charge is 0.477 e. The molecule has 0 aliphatic rings. The molecular weight excluding hydrogens is 275 g/mol. The van der Waals surface area contributed by atoms with E-state index in [1.165, 1.54) is 0 Å². The van der Waals surface area contributed by atoms with Gasteiger partial charge in [-0.3, -0.25) is 4.79 Å². The number of pyridine rings is 1. The Morgan fingerprint density at radius 3 is 2.55 bits per heavy atom. The molecule has 0 aliphatic heterocycles. The van der Waals surface area contributed by atoms with Gasteiger partial charge in [0.05, 0.1) is 17.1 Å². The van der Waals surface area contributed by atoms with Crippen molar-refractivity contribution < 1.29 is 23.1 Å². The van der Waals surface area contributed by atoms with Gasteiger partial charge in [0.2, 0.25) is 5.43 Å². The first kappa shape index (κ1) is 13.6. The molecule has 0 saturated heterocycles. The average Bonchev–Trinajstić information content (AvgIpc) is 2.39. The maximum Gasteiger partial charge on any atom is 0.341 e. The summed E-state index contributed by atoms with van der Waals surface area (Å²) in [5, 5.41) is 8.30. The van der Waals surface area contributed by atoms with Crippen LogP contribution in [-0.2, 0) is 0 Å². The Kier molecular flexibility index (Phi) is 3.21. The van der Waals surface area contributed by atoms with E-state index in [2.05, 4.69) is 12.3 Å². The van der Waals surface area contributed by atoms with Crippen LogP contribution in [0.25, 0.3) is 17.1 Å². The van der Waals surface area contributed by atoms with E-state index in [0.29, 0.717) is 6.07 Å². The fraction of sp³-hybridized carbons (Fsp3) is 0. The first-order chi connectivity index (χ1) is 9.38. The SMILES string of the molecule is C=C=Cn1cc(C(=O)O)c(=O)c2cc(F)c(F)c(F)c21. The Hall–Kier alpha value is -2.79. The molecule has 0 unspecified atom stereocenters. The summed E-state index contributed by atoms with van der Waals surface area (Å²) in [6, 6.07) is 0.454. The molecule has 2 aromatic rings. The fourth-order valence-corrected chi connectivity index (χ4v) is 1.77. The standard InChI is InChI=1S/C13H6F3NO3/c1-2-3-17-5-7(13(19)20)12(18)6-4-8(14)9(15)10(16)11(6)17/h3-5H,1H2,(H,19,20). The van der Waals surface area contributed by atoms with E-state index in [4.69, 9.17) is 5.11 Å². The molecule has 2 rings (SSSR count). The average molecular weight is 281 g/mol. The molecule has 4 nitrogen and oxygen atoms in total. The third-order valence-corrected chi connectivity index (χ3v) is 2.61. The zero-order valence-corrected chi connectivity index (χ0v) is 9.78. The van der Waals surface area contributed by atoms with E-state index in [0.717, 1.165) is 17.0 Å². The zero-order valence-electron chi connectivity index (χ0n) is 9.78. The van der Waals surface area contributed by atoms with Gasteiger partial charge in [-0.15, -0.1) is 5.73 Å². The van der Waals surface area contributed by atoms with Crippen molar-refractivity contribution in [1.82, 2.24) is 4.57 Å². The monoisotopic (exact) mass is 281 g/mol. The van der Waals surface area contributed by atoms with Crippen LogP contribution in [0.5, 0.6) is 0 Å². The van der Waals surface area contributed by atoms with E-state index < -0.39 is 45.3 Å². The van der Waals surface area contributed by atoms with Gasteiger partial charge in [-0.1, -0.05) is 6.58 Å². The molecule has 1 N–H and O–H groups in total. The molecule has 0 radical (unpaired) electrons. The lowest BCUT2D eigenvalue weighted by molar-refractivity contribution is 0.0695. The van der Waals surface area contributed by atoms with Crippen molar-refractivity contribution in [3.8, 4) is 0 Å². The van der Waals surface area contributed by atoms with Crippen molar-refractivity contribution >= 4 is 23.1 Å². The van der Waals surface area contributed by atoms with Gasteiger partial charge in [-0.25, -0.2) is 18.0 Å². The summed E-state index contributed by atoms with van der Waals surface area (Å²) in [5.41, 5.74) is -0.180. The summed E-state index contributed by atoms with van der Waals surface area (Å²) in [6.07, 6.45) is 1.78. The maximum absolute atomic E-state index is 13.8. The van der Waals surface area contributed by atoms with Crippen LogP contribution >= 0.6 is 0 Å². The lowest BCUT2D eigenvalue weighted by Gasteiger charge is -2.09. The molecule has 7 heteroatoms. The third-order valence-electron chi connectivity index (χ3n) is 2.61. The number of carboxylic acids is 1. The summed E-state index contributed by atoms with van der Waals surface area (Å²) in [4.78, 5) is 22.8. The van der Waals surface area contributed by atoms with Crippen LogP contribution in [0.3, 0.4) is 0 Å². The first-order valence-electron chi connectivity index (χ1n) is 5.20. The normalized spacial score (nSPS) is 10.3. The van der Waals surface area contributed by atoms with Crippen LogP contribution in [-0.4, -0.2) is 15.6 Å². The predicted octanol–water partition coefficient (Wildman–Crippen LogP) is 2.37. The number of aromatic nitrogens is 1. The molecule has 0 atom stereocenters. The van der Waals surface area contributed by atoms with Gasteiger partial charge < -0.3 is 9.67 Å². The quantitative estimate of drug-likeness (QED) is 0.679. The Morgan fingerprint density at radius 1 is 1.35 bits per heavy atom. The van der Waals surface area contributed by atoms with Crippen LogP contribution in [0, 0.1) is 17.5 Å². The van der Waals surface area contributed by atoms with Crippen LogP contribution in [0.1, 0.15) is 10.4 Å². The van der Waals surface area contributed by atoms with E-state index in [1.54, 1.807) is 0 Å². The third kappa shape index (κ3) is 1.90. The highest BCUT2D eigenvalue weighted by Gasteiger charge is 2.21. The van der Waals surface area contributed by atoms with Crippen molar-refractivity contribution in [2.24, 2.45) is 0 Å². The van der Waals surface area contributed by atoms with Gasteiger partial charge >= 0.3 is 5.97 Å². The second-order valence-corrected chi connectivity index (χ2v) is 3.80. The second kappa shape index (κ2) is 4.71. The van der Waals surface area contributed by atoms with Gasteiger partial charge in [-0.2, -0.15) is 0 Å². The number of nitrogens with zero attached hydrogens (tertiary/aromatic N) is 1. The van der Waals surface area contributed by atoms with Crippen LogP contribution in [0.4, 0.5) is 13.2 Å². The highest BCUT2D eigenvalue weighted by Crippen LogP contribution is 2.21. The Morgan fingerprint density at radius 2 is 2.00 bits per heavy atom. The molecule has 1 aromatic heterocycles. The molecule has 0 fully saturated rings. The van der Waals surface area contributed by atoms with Crippen molar-refractivity contribution in [3.63, 3.8) is 0 Å². The number of hydrogen-bond acceptors (Lipinski definition) is 2. The minimum absolute atomic E-state index is 0.454. The molecule has 1 aromatic carbocycles. The van der Waals surface area contributed by atoms with Gasteiger partial charge in [-0.05, 0) is 6.07 Å². The summed E-state index contributed by atoms with van der Waals surface area (Å²) in [6.45, 7) is 3.21. The summed E-state index contributed by atoms with van der Waals surface area (Å²) in [5.74, 6) is -6.51. The van der Waals surface area contributed by atoms with Gasteiger partial charge in [0.1, 0.15) is 5.56 Å². The molecule has 0 bridgehead atoms. The summed E-state index contributed by atoms with van der Waals surface area (Å²) >= 11 is 0. The Balaban J connectivity index is 3.14. The molecule has 0 spiro atoms. The number of hydrogen-bond donors (Lipinski definition) is 1. The van der Waals surface area contributed by atoms with E-state index in [-0.39, 0.29) is 0 Å². The molecule has 20 heavy (non-hydrogen) atoms.